The summed E-state index contributed by atoms with van der Waals surface area (Å²) < 4.78 is 7.11. The van der Waals surface area contributed by atoms with E-state index in [4.69, 9.17) is 16.0 Å². The topological polar surface area (TPSA) is 58.7 Å². The Morgan fingerprint density at radius 2 is 2.07 bits per heavy atom. The minimum atomic E-state index is -0.368. The predicted octanol–water partition coefficient (Wildman–Crippen LogP) is 3.86. The molecule has 2 unspecified atom stereocenters. The molecular weight excluding hydrogens is 402 g/mol. The minimum absolute atomic E-state index is 0.0398. The van der Waals surface area contributed by atoms with E-state index >= 15 is 0 Å². The van der Waals surface area contributed by atoms with Crippen LogP contribution in [0.4, 0.5) is 5.69 Å². The van der Waals surface area contributed by atoms with Crippen molar-refractivity contribution in [2.24, 2.45) is 0 Å². The fourth-order valence-corrected chi connectivity index (χ4v) is 5.12. The van der Waals surface area contributed by atoms with Gasteiger partial charge in [0.05, 0.1) is 18.1 Å². The molecule has 7 heteroatoms. The number of carbonyl (C=O) groups is 1. The Kier molecular flexibility index (Phi) is 4.91. The Morgan fingerprint density at radius 3 is 2.93 bits per heavy atom. The summed E-state index contributed by atoms with van der Waals surface area (Å²) in [6, 6.07) is 13.5. The molecule has 1 fully saturated rings. The summed E-state index contributed by atoms with van der Waals surface area (Å²) >= 11 is 6.15. The van der Waals surface area contributed by atoms with Crippen molar-refractivity contribution in [3.63, 3.8) is 0 Å². The molecule has 0 N–H and O–H groups in total. The highest BCUT2D eigenvalue weighted by Gasteiger charge is 2.33. The van der Waals surface area contributed by atoms with Gasteiger partial charge < -0.3 is 9.32 Å². The molecule has 0 bridgehead atoms. The van der Waals surface area contributed by atoms with Crippen molar-refractivity contribution in [2.75, 3.05) is 24.5 Å². The fraction of sp³-hybridized carbons (Fsp3) is 0.391. The third-order valence-electron chi connectivity index (χ3n) is 6.26. The molecule has 2 aromatic carbocycles. The first-order valence-electron chi connectivity index (χ1n) is 10.4. The van der Waals surface area contributed by atoms with Crippen molar-refractivity contribution in [2.45, 2.75) is 38.3 Å². The maximum Gasteiger partial charge on any atom is 0.420 e. The molecule has 0 saturated carbocycles. The van der Waals surface area contributed by atoms with Crippen molar-refractivity contribution >= 4 is 34.3 Å². The van der Waals surface area contributed by atoms with Crippen LogP contribution < -0.4 is 10.7 Å². The summed E-state index contributed by atoms with van der Waals surface area (Å²) in [7, 11) is 0. The van der Waals surface area contributed by atoms with Gasteiger partial charge in [-0.3, -0.25) is 14.3 Å². The van der Waals surface area contributed by atoms with Gasteiger partial charge in [0.2, 0.25) is 5.91 Å². The number of piperidine rings is 1. The smallest absolute Gasteiger partial charge is 0.408 e. The van der Waals surface area contributed by atoms with Crippen LogP contribution in [0.15, 0.2) is 51.7 Å². The number of amides is 1. The third-order valence-corrected chi connectivity index (χ3v) is 6.49. The van der Waals surface area contributed by atoms with Crippen molar-refractivity contribution in [1.82, 2.24) is 9.47 Å². The maximum absolute atomic E-state index is 13.2. The molecule has 5 rings (SSSR count). The molecule has 1 saturated heterocycles. The molecule has 1 aromatic heterocycles. The molecule has 0 radical (unpaired) electrons. The van der Waals surface area contributed by atoms with E-state index < -0.39 is 0 Å². The van der Waals surface area contributed by atoms with E-state index in [2.05, 4.69) is 17.9 Å². The van der Waals surface area contributed by atoms with Crippen LogP contribution in [0.1, 0.15) is 31.4 Å². The van der Waals surface area contributed by atoms with Gasteiger partial charge >= 0.3 is 5.76 Å². The predicted molar refractivity (Wildman–Crippen MR) is 117 cm³/mol. The Bertz CT molecular complexity index is 1170. The van der Waals surface area contributed by atoms with Crippen LogP contribution in [-0.4, -0.2) is 41.1 Å². The van der Waals surface area contributed by atoms with Gasteiger partial charge in [-0.2, -0.15) is 0 Å². The number of rotatable bonds is 3. The second-order valence-electron chi connectivity index (χ2n) is 8.33. The average molecular weight is 426 g/mol. The molecule has 2 aliphatic heterocycles. The third kappa shape index (κ3) is 3.34. The van der Waals surface area contributed by atoms with Gasteiger partial charge in [-0.25, -0.2) is 4.79 Å². The highest BCUT2D eigenvalue weighted by atomic mass is 35.5. The second kappa shape index (κ2) is 7.60. The molecule has 156 valence electrons. The van der Waals surface area contributed by atoms with Crippen molar-refractivity contribution in [1.29, 1.82) is 0 Å². The number of hydrogen-bond acceptors (Lipinski definition) is 4. The molecule has 6 nitrogen and oxygen atoms in total. The maximum atomic E-state index is 13.2. The van der Waals surface area contributed by atoms with Crippen LogP contribution in [0.2, 0.25) is 5.02 Å². The van der Waals surface area contributed by atoms with Gasteiger partial charge in [-0.15, -0.1) is 0 Å². The van der Waals surface area contributed by atoms with E-state index in [0.717, 1.165) is 31.5 Å². The zero-order valence-corrected chi connectivity index (χ0v) is 17.6. The van der Waals surface area contributed by atoms with E-state index in [9.17, 15) is 9.59 Å². The lowest BCUT2D eigenvalue weighted by Crippen LogP contribution is -2.47. The largest absolute Gasteiger partial charge is 0.420 e. The summed E-state index contributed by atoms with van der Waals surface area (Å²) in [5.41, 5.74) is 3.51. The lowest BCUT2D eigenvalue weighted by atomic mass is 10.1. The molecule has 2 aliphatic rings. The molecule has 3 aromatic rings. The number of carbonyl (C=O) groups excluding carboxylic acids is 1. The van der Waals surface area contributed by atoms with Crippen LogP contribution in [-0.2, 0) is 11.2 Å². The standard InChI is InChI=1S/C23H24ClN3O3/c1-15-11-16-5-2-3-7-19(16)26(15)22(28)14-25-10-4-6-18(13-25)27-20-12-17(24)8-9-21(20)30-23(27)29/h2-3,5,7-9,12,15,18H,4,6,10-11,13-14H2,1H3. The van der Waals surface area contributed by atoms with Gasteiger partial charge in [0.25, 0.3) is 0 Å². The number of halogens is 1. The lowest BCUT2D eigenvalue weighted by molar-refractivity contribution is -0.120. The summed E-state index contributed by atoms with van der Waals surface area (Å²) in [4.78, 5) is 29.8. The Balaban J connectivity index is 1.36. The molecule has 30 heavy (non-hydrogen) atoms. The molecular formula is C23H24ClN3O3. The first-order chi connectivity index (χ1) is 14.5. The van der Waals surface area contributed by atoms with Crippen LogP contribution in [0.5, 0.6) is 0 Å². The number of para-hydroxylation sites is 1. The number of anilines is 1. The van der Waals surface area contributed by atoms with Gasteiger partial charge in [-0.05, 0) is 62.6 Å². The van der Waals surface area contributed by atoms with Crippen LogP contribution in [0.25, 0.3) is 11.1 Å². The van der Waals surface area contributed by atoms with Gasteiger partial charge in [-0.1, -0.05) is 29.8 Å². The monoisotopic (exact) mass is 425 g/mol. The average Bonchev–Trinajstić information content (AvgIpc) is 3.23. The quantitative estimate of drug-likeness (QED) is 0.639. The number of nitrogens with zero attached hydrogens (tertiary/aromatic N) is 3. The summed E-state index contributed by atoms with van der Waals surface area (Å²) in [6.07, 6.45) is 2.68. The lowest BCUT2D eigenvalue weighted by Gasteiger charge is -2.34. The van der Waals surface area contributed by atoms with Gasteiger partial charge in [0.15, 0.2) is 5.58 Å². The first kappa shape index (κ1) is 19.4. The SMILES string of the molecule is CC1Cc2ccccc2N1C(=O)CN1CCCC(n2c(=O)oc3ccc(Cl)cc32)C1. The zero-order valence-electron chi connectivity index (χ0n) is 16.9. The zero-order chi connectivity index (χ0) is 20.8. The number of aromatic nitrogens is 1. The molecule has 1 amide bonds. The second-order valence-corrected chi connectivity index (χ2v) is 8.76. The highest BCUT2D eigenvalue weighted by Crippen LogP contribution is 2.32. The number of oxazole rings is 1. The minimum Gasteiger partial charge on any atom is -0.408 e. The van der Waals surface area contributed by atoms with Gasteiger partial charge in [0, 0.05) is 23.3 Å². The molecule has 0 aliphatic carbocycles. The van der Waals surface area contributed by atoms with E-state index in [1.54, 1.807) is 22.8 Å². The van der Waals surface area contributed by atoms with E-state index in [-0.39, 0.29) is 23.7 Å². The van der Waals surface area contributed by atoms with Crippen LogP contribution in [0.3, 0.4) is 0 Å². The number of hydrogen-bond donors (Lipinski definition) is 0. The van der Waals surface area contributed by atoms with E-state index in [0.29, 0.717) is 29.2 Å². The number of fused-ring (bicyclic) bond motifs is 2. The van der Waals surface area contributed by atoms with Crippen LogP contribution >= 0.6 is 11.6 Å². The molecule has 0 spiro atoms. The van der Waals surface area contributed by atoms with E-state index in [1.165, 1.54) is 5.56 Å². The van der Waals surface area contributed by atoms with Crippen molar-refractivity contribution < 1.29 is 9.21 Å². The van der Waals surface area contributed by atoms with Crippen LogP contribution in [0, 0.1) is 0 Å². The first-order valence-corrected chi connectivity index (χ1v) is 10.8. The van der Waals surface area contributed by atoms with E-state index in [1.807, 2.05) is 23.1 Å². The normalized spacial score (nSPS) is 21.9. The summed E-state index contributed by atoms with van der Waals surface area (Å²) in [6.45, 7) is 3.92. The fourth-order valence-electron chi connectivity index (χ4n) is 4.95. The Hall–Kier alpha value is -2.57. The Labute approximate surface area is 179 Å². The molecule has 3 heterocycles. The summed E-state index contributed by atoms with van der Waals surface area (Å²) in [5, 5.41) is 0.571. The van der Waals surface area contributed by atoms with Gasteiger partial charge in [0.1, 0.15) is 0 Å². The van der Waals surface area contributed by atoms with Crippen molar-refractivity contribution in [3.8, 4) is 0 Å². The molecule has 2 atom stereocenters. The Morgan fingerprint density at radius 1 is 1.23 bits per heavy atom. The number of likely N-dealkylation sites (tertiary alicyclic amines) is 1. The summed E-state index contributed by atoms with van der Waals surface area (Å²) in [5.74, 6) is -0.256. The van der Waals surface area contributed by atoms with Crippen molar-refractivity contribution in [3.05, 3.63) is 63.6 Å². The highest BCUT2D eigenvalue weighted by molar-refractivity contribution is 6.31. The number of benzene rings is 2.